The third-order valence-corrected chi connectivity index (χ3v) is 5.12. The summed E-state index contributed by atoms with van der Waals surface area (Å²) in [4.78, 5) is 7.91. The van der Waals surface area contributed by atoms with Crippen LogP contribution in [-0.2, 0) is 0 Å². The van der Waals surface area contributed by atoms with Gasteiger partial charge in [0.1, 0.15) is 29.7 Å². The average molecular weight is 413 g/mol. The van der Waals surface area contributed by atoms with E-state index in [-0.39, 0.29) is 11.8 Å². The van der Waals surface area contributed by atoms with E-state index >= 15 is 0 Å². The first-order valence-electron chi connectivity index (χ1n) is 10.2. The number of aryl methyl sites for hydroxylation is 2. The van der Waals surface area contributed by atoms with Gasteiger partial charge in [0.05, 0.1) is 5.69 Å². The van der Waals surface area contributed by atoms with Crippen LogP contribution < -0.4 is 15.0 Å². The normalized spacial score (nSPS) is 11.8. The van der Waals surface area contributed by atoms with Crippen LogP contribution in [0, 0.1) is 13.8 Å². The Labute approximate surface area is 182 Å². The molecule has 0 aliphatic rings. The van der Waals surface area contributed by atoms with Crippen molar-refractivity contribution in [2.75, 3.05) is 11.9 Å². The molecule has 5 nitrogen and oxygen atoms in total. The van der Waals surface area contributed by atoms with Crippen molar-refractivity contribution in [3.63, 3.8) is 0 Å². The van der Waals surface area contributed by atoms with Crippen molar-refractivity contribution in [1.29, 1.82) is 0 Å². The van der Waals surface area contributed by atoms with E-state index in [1.54, 1.807) is 6.08 Å². The summed E-state index contributed by atoms with van der Waals surface area (Å²) in [5, 5.41) is 15.6. The number of rotatable bonds is 7. The first-order valence-corrected chi connectivity index (χ1v) is 10.2. The van der Waals surface area contributed by atoms with Crippen molar-refractivity contribution < 1.29 is 14.8 Å². The molecule has 0 aliphatic heterocycles. The van der Waals surface area contributed by atoms with E-state index in [0.717, 1.165) is 39.5 Å². The minimum Gasteiger partial charge on any atom is -0.505 e. The van der Waals surface area contributed by atoms with Gasteiger partial charge in [0.25, 0.3) is 5.82 Å². The van der Waals surface area contributed by atoms with Crippen LogP contribution in [0.25, 0.3) is 10.9 Å². The molecule has 5 heteroatoms. The van der Waals surface area contributed by atoms with Crippen molar-refractivity contribution in [1.82, 2.24) is 4.98 Å². The Morgan fingerprint density at radius 3 is 2.71 bits per heavy atom. The summed E-state index contributed by atoms with van der Waals surface area (Å²) in [6, 6.07) is 21.3. The number of anilines is 1. The lowest BCUT2D eigenvalue weighted by molar-refractivity contribution is -0.371. The molecular weight excluding hydrogens is 386 g/mol. The van der Waals surface area contributed by atoms with Crippen molar-refractivity contribution in [2.24, 2.45) is 0 Å². The minimum atomic E-state index is -0.322. The smallest absolute Gasteiger partial charge is 0.273 e. The molecule has 3 N–H and O–H groups in total. The number of phenols is 1. The van der Waals surface area contributed by atoms with Crippen molar-refractivity contribution >= 4 is 16.7 Å². The molecular formula is C26H26N3O2+. The summed E-state index contributed by atoms with van der Waals surface area (Å²) in [5.74, 6) is 1.76. The lowest BCUT2D eigenvalue weighted by atomic mass is 9.96. The topological polar surface area (TPSA) is 68.5 Å². The number of aromatic hydroxyl groups is 1. The van der Waals surface area contributed by atoms with Gasteiger partial charge in [-0.25, -0.2) is 9.97 Å². The fourth-order valence-corrected chi connectivity index (χ4v) is 3.62. The van der Waals surface area contributed by atoms with Crippen molar-refractivity contribution in [3.8, 4) is 11.5 Å². The lowest BCUT2D eigenvalue weighted by Crippen LogP contribution is -2.20. The molecule has 4 rings (SSSR count). The molecule has 0 aliphatic carbocycles. The highest BCUT2D eigenvalue weighted by atomic mass is 16.5. The maximum Gasteiger partial charge on any atom is 0.273 e. The quantitative estimate of drug-likeness (QED) is 0.413. The Bertz CT molecular complexity index is 1240. The zero-order valence-electron chi connectivity index (χ0n) is 17.7. The first-order chi connectivity index (χ1) is 15.0. The number of pyridine rings is 2. The van der Waals surface area contributed by atoms with Crippen LogP contribution in [-0.4, -0.2) is 16.7 Å². The zero-order valence-corrected chi connectivity index (χ0v) is 17.7. The van der Waals surface area contributed by atoms with Gasteiger partial charge >= 0.3 is 0 Å². The zero-order chi connectivity index (χ0) is 21.8. The molecule has 0 fully saturated rings. The van der Waals surface area contributed by atoms with E-state index in [0.29, 0.717) is 12.1 Å². The molecule has 1 atom stereocenters. The summed E-state index contributed by atoms with van der Waals surface area (Å²) in [6.07, 6.45) is 1.72. The summed E-state index contributed by atoms with van der Waals surface area (Å²) in [7, 11) is 0. The molecule has 4 aromatic rings. The predicted molar refractivity (Wildman–Crippen MR) is 123 cm³/mol. The van der Waals surface area contributed by atoms with E-state index in [1.807, 2.05) is 80.6 Å². The third-order valence-electron chi connectivity index (χ3n) is 5.12. The fourth-order valence-electron chi connectivity index (χ4n) is 3.62. The Morgan fingerprint density at radius 1 is 1.10 bits per heavy atom. The van der Waals surface area contributed by atoms with Gasteiger partial charge in [-0.15, -0.1) is 0 Å². The second-order valence-corrected chi connectivity index (χ2v) is 7.52. The number of H-pyrrole nitrogens is 1. The van der Waals surface area contributed by atoms with Crippen LogP contribution in [0.1, 0.15) is 28.6 Å². The number of fused-ring (bicyclic) bond motifs is 1. The highest BCUT2D eigenvalue weighted by Crippen LogP contribution is 2.37. The van der Waals surface area contributed by atoms with E-state index in [4.69, 9.17) is 4.74 Å². The van der Waals surface area contributed by atoms with Gasteiger partial charge in [0.2, 0.25) is 0 Å². The molecule has 2 aromatic heterocycles. The van der Waals surface area contributed by atoms with E-state index in [1.165, 1.54) is 0 Å². The second-order valence-electron chi connectivity index (χ2n) is 7.52. The number of benzene rings is 2. The van der Waals surface area contributed by atoms with Crippen molar-refractivity contribution in [2.45, 2.75) is 19.9 Å². The maximum absolute atomic E-state index is 11.2. The number of nitrogens with one attached hydrogen (secondary N) is 2. The monoisotopic (exact) mass is 412 g/mol. The van der Waals surface area contributed by atoms with Crippen molar-refractivity contribution in [3.05, 3.63) is 102 Å². The van der Waals surface area contributed by atoms with E-state index in [2.05, 4.69) is 21.9 Å². The molecule has 0 radical (unpaired) electrons. The average Bonchev–Trinajstić information content (AvgIpc) is 2.77. The highest BCUT2D eigenvalue weighted by Gasteiger charge is 2.25. The molecule has 156 valence electrons. The lowest BCUT2D eigenvalue weighted by Gasteiger charge is -2.18. The molecule has 0 saturated carbocycles. The van der Waals surface area contributed by atoms with Crippen LogP contribution in [0.2, 0.25) is 0 Å². The van der Waals surface area contributed by atoms with Crippen LogP contribution in [0.3, 0.4) is 0 Å². The van der Waals surface area contributed by atoms with Crippen LogP contribution in [0.4, 0.5) is 5.82 Å². The standard InChI is InChI=1S/C26H25N3O2/c1-4-15-31-21-9-6-8-20(16-21)24(29-23-10-5-7-17(2)27-23)22-14-13-19-12-11-18(3)28-25(19)26(22)30/h4-14,16,24,30H,1,15H2,2-3H3,(H,27,29)/p+1/t24-/m0/s1. The van der Waals surface area contributed by atoms with Gasteiger partial charge in [-0.1, -0.05) is 43.0 Å². The Morgan fingerprint density at radius 2 is 1.90 bits per heavy atom. The highest BCUT2D eigenvalue weighted by molar-refractivity contribution is 5.86. The summed E-state index contributed by atoms with van der Waals surface area (Å²) >= 11 is 0. The largest absolute Gasteiger partial charge is 0.505 e. The second kappa shape index (κ2) is 8.88. The SMILES string of the molecule is C=CCOc1cccc([C@H](Nc2cccc(C)[nH+]2)c2ccc3ccc(C)nc3c2O)c1. The van der Waals surface area contributed by atoms with Gasteiger partial charge in [-0.05, 0) is 44.2 Å². The van der Waals surface area contributed by atoms with Crippen LogP contribution in [0.15, 0.2) is 79.4 Å². The molecule has 31 heavy (non-hydrogen) atoms. The number of hydrogen-bond donors (Lipinski definition) is 2. The number of phenolic OH excluding ortho intramolecular Hbond substituents is 1. The van der Waals surface area contributed by atoms with Gasteiger partial charge in [-0.2, -0.15) is 0 Å². The third kappa shape index (κ3) is 4.51. The summed E-state index contributed by atoms with van der Waals surface area (Å²) in [6.45, 7) is 8.06. The Hall–Kier alpha value is -3.86. The predicted octanol–water partition coefficient (Wildman–Crippen LogP) is 5.14. The molecule has 0 saturated heterocycles. The summed E-state index contributed by atoms with van der Waals surface area (Å²) < 4.78 is 5.74. The number of ether oxygens (including phenoxy) is 1. The van der Waals surface area contributed by atoms with Crippen LogP contribution >= 0.6 is 0 Å². The number of hydrogen-bond acceptors (Lipinski definition) is 4. The minimum absolute atomic E-state index is 0.170. The maximum atomic E-state index is 11.2. The number of nitrogens with zero attached hydrogens (tertiary/aromatic N) is 1. The van der Waals surface area contributed by atoms with Gasteiger partial charge in [-0.3, -0.25) is 5.32 Å². The Balaban J connectivity index is 1.83. The fraction of sp³-hybridized carbons (Fsp3) is 0.154. The first kappa shape index (κ1) is 20.4. The van der Waals surface area contributed by atoms with Gasteiger partial charge in [0, 0.05) is 28.3 Å². The number of aromatic nitrogens is 2. The molecule has 0 spiro atoms. The Kier molecular flexibility index (Phi) is 5.85. The molecule has 2 aromatic carbocycles. The van der Waals surface area contributed by atoms with Gasteiger partial charge in [0.15, 0.2) is 0 Å². The van der Waals surface area contributed by atoms with Gasteiger partial charge < -0.3 is 9.84 Å². The number of aromatic amines is 1. The summed E-state index contributed by atoms with van der Waals surface area (Å²) in [5.41, 5.74) is 4.18. The van der Waals surface area contributed by atoms with Crippen LogP contribution in [0.5, 0.6) is 11.5 Å². The molecule has 2 heterocycles. The van der Waals surface area contributed by atoms with E-state index < -0.39 is 0 Å². The molecule has 0 bridgehead atoms. The molecule has 0 unspecified atom stereocenters. The van der Waals surface area contributed by atoms with E-state index in [9.17, 15) is 5.11 Å². The molecule has 0 amide bonds.